The van der Waals surface area contributed by atoms with Crippen molar-refractivity contribution in [3.05, 3.63) is 66.6 Å². The maximum absolute atomic E-state index is 12.0. The van der Waals surface area contributed by atoms with E-state index in [2.05, 4.69) is 15.4 Å². The van der Waals surface area contributed by atoms with Crippen LogP contribution in [-0.2, 0) is 11.3 Å². The first-order chi connectivity index (χ1) is 13.3. The lowest BCUT2D eigenvalue weighted by atomic mass is 10.2. The van der Waals surface area contributed by atoms with Gasteiger partial charge in [0.2, 0.25) is 12.7 Å². The largest absolute Gasteiger partial charge is 0.454 e. The number of benzene rings is 1. The van der Waals surface area contributed by atoms with Gasteiger partial charge in [-0.05, 0) is 42.0 Å². The van der Waals surface area contributed by atoms with Crippen LogP contribution in [0.15, 0.2) is 61.1 Å². The van der Waals surface area contributed by atoms with E-state index < -0.39 is 0 Å². The number of nitrogens with zero attached hydrogens (tertiary/aromatic N) is 3. The zero-order chi connectivity index (χ0) is 18.5. The molecule has 0 aliphatic carbocycles. The average molecular weight is 362 g/mol. The Morgan fingerprint density at radius 2 is 2.00 bits per heavy atom. The molecule has 7 nitrogen and oxygen atoms in total. The van der Waals surface area contributed by atoms with Gasteiger partial charge < -0.3 is 14.8 Å². The number of hydrogen-bond acceptors (Lipinski definition) is 5. The van der Waals surface area contributed by atoms with Crippen LogP contribution in [0.4, 0.5) is 0 Å². The summed E-state index contributed by atoms with van der Waals surface area (Å²) < 4.78 is 12.4. The lowest BCUT2D eigenvalue weighted by Gasteiger charge is -2.03. The van der Waals surface area contributed by atoms with Crippen molar-refractivity contribution in [3.8, 4) is 22.8 Å². The van der Waals surface area contributed by atoms with Gasteiger partial charge in [-0.25, -0.2) is 0 Å². The summed E-state index contributed by atoms with van der Waals surface area (Å²) in [4.78, 5) is 16.0. The van der Waals surface area contributed by atoms with Crippen molar-refractivity contribution >= 4 is 12.0 Å². The third-order valence-corrected chi connectivity index (χ3v) is 4.08. The Labute approximate surface area is 156 Å². The number of rotatable bonds is 6. The molecule has 136 valence electrons. The first-order valence-corrected chi connectivity index (χ1v) is 8.57. The Morgan fingerprint density at radius 3 is 2.89 bits per heavy atom. The van der Waals surface area contributed by atoms with Gasteiger partial charge in [-0.1, -0.05) is 6.07 Å². The summed E-state index contributed by atoms with van der Waals surface area (Å²) in [5.74, 6) is 1.26. The highest BCUT2D eigenvalue weighted by Gasteiger charge is 2.12. The first kappa shape index (κ1) is 16.8. The summed E-state index contributed by atoms with van der Waals surface area (Å²) in [5.41, 5.74) is 2.77. The van der Waals surface area contributed by atoms with Crippen LogP contribution < -0.4 is 14.8 Å². The van der Waals surface area contributed by atoms with Gasteiger partial charge in [0.05, 0.1) is 12.2 Å². The molecule has 3 aromatic rings. The zero-order valence-electron chi connectivity index (χ0n) is 14.5. The molecule has 0 unspecified atom stereocenters. The van der Waals surface area contributed by atoms with Crippen LogP contribution in [-0.4, -0.2) is 34.0 Å². The number of pyridine rings is 1. The summed E-state index contributed by atoms with van der Waals surface area (Å²) in [6.07, 6.45) is 8.61. The number of carbonyl (C=O) groups is 1. The summed E-state index contributed by atoms with van der Waals surface area (Å²) >= 11 is 0. The van der Waals surface area contributed by atoms with Gasteiger partial charge in [0.25, 0.3) is 0 Å². The Bertz CT molecular complexity index is 966. The zero-order valence-corrected chi connectivity index (χ0v) is 14.5. The molecule has 1 aromatic carbocycles. The van der Waals surface area contributed by atoms with Gasteiger partial charge in [-0.15, -0.1) is 0 Å². The molecule has 1 amide bonds. The van der Waals surface area contributed by atoms with Crippen LogP contribution >= 0.6 is 0 Å². The van der Waals surface area contributed by atoms with Crippen LogP contribution in [0.5, 0.6) is 11.5 Å². The van der Waals surface area contributed by atoms with Crippen molar-refractivity contribution in [1.29, 1.82) is 0 Å². The molecule has 4 rings (SSSR count). The molecule has 0 atom stereocenters. The van der Waals surface area contributed by atoms with Gasteiger partial charge in [-0.3, -0.25) is 14.5 Å². The van der Waals surface area contributed by atoms with Crippen LogP contribution in [0.25, 0.3) is 17.3 Å². The number of fused-ring (bicyclic) bond motifs is 1. The molecule has 0 saturated heterocycles. The Kier molecular flexibility index (Phi) is 4.82. The summed E-state index contributed by atoms with van der Waals surface area (Å²) in [5, 5.41) is 7.35. The minimum atomic E-state index is -0.158. The lowest BCUT2D eigenvalue weighted by Crippen LogP contribution is -2.25. The van der Waals surface area contributed by atoms with Crippen molar-refractivity contribution in [2.24, 2.45) is 0 Å². The Morgan fingerprint density at radius 1 is 1.15 bits per heavy atom. The van der Waals surface area contributed by atoms with Crippen molar-refractivity contribution < 1.29 is 14.3 Å². The van der Waals surface area contributed by atoms with E-state index in [0.717, 1.165) is 22.6 Å². The Hall–Kier alpha value is -3.61. The quantitative estimate of drug-likeness (QED) is 0.682. The number of carbonyl (C=O) groups excluding carboxylic acids is 1. The van der Waals surface area contributed by atoms with Crippen molar-refractivity contribution in [3.63, 3.8) is 0 Å². The van der Waals surface area contributed by atoms with Crippen molar-refractivity contribution in [2.45, 2.75) is 6.54 Å². The van der Waals surface area contributed by atoms with E-state index in [1.807, 2.05) is 42.6 Å². The number of aromatic nitrogens is 3. The van der Waals surface area contributed by atoms with Crippen LogP contribution in [0, 0.1) is 0 Å². The van der Waals surface area contributed by atoms with Crippen LogP contribution in [0.3, 0.4) is 0 Å². The van der Waals surface area contributed by atoms with E-state index in [4.69, 9.17) is 9.47 Å². The van der Waals surface area contributed by atoms with E-state index in [1.54, 1.807) is 23.2 Å². The minimum Gasteiger partial charge on any atom is -0.454 e. The fraction of sp³-hybridized carbons (Fsp3) is 0.150. The first-order valence-electron chi connectivity index (χ1n) is 8.57. The van der Waals surface area contributed by atoms with Crippen molar-refractivity contribution in [2.75, 3.05) is 13.3 Å². The molecule has 0 bridgehead atoms. The normalized spacial score (nSPS) is 12.4. The standard InChI is InChI=1S/C20H18N4O3/c25-20(4-2-15-1-3-18-19(13-15)27-14-26-18)22-10-12-24-11-7-17(23-24)16-5-8-21-9-6-16/h1-9,11,13H,10,12,14H2,(H,22,25)/b4-2+. The molecule has 0 fully saturated rings. The topological polar surface area (TPSA) is 78.3 Å². The molecular weight excluding hydrogens is 344 g/mol. The van der Waals surface area contributed by atoms with Gasteiger partial charge in [0.1, 0.15) is 0 Å². The van der Waals surface area contributed by atoms with Crippen LogP contribution in [0.1, 0.15) is 5.56 Å². The second-order valence-corrected chi connectivity index (χ2v) is 5.94. The SMILES string of the molecule is O=C(/C=C/c1ccc2c(c1)OCO2)NCCn1ccc(-c2ccncc2)n1. The highest BCUT2D eigenvalue weighted by Crippen LogP contribution is 2.32. The predicted octanol–water partition coefficient (Wildman–Crippen LogP) is 2.50. The maximum Gasteiger partial charge on any atom is 0.244 e. The molecule has 0 radical (unpaired) electrons. The van der Waals surface area contributed by atoms with Gasteiger partial charge in [0.15, 0.2) is 11.5 Å². The molecule has 7 heteroatoms. The Balaban J connectivity index is 1.27. The molecule has 0 saturated carbocycles. The van der Waals surface area contributed by atoms with E-state index in [0.29, 0.717) is 18.8 Å². The van der Waals surface area contributed by atoms with Gasteiger partial charge in [-0.2, -0.15) is 5.10 Å². The maximum atomic E-state index is 12.0. The van der Waals surface area contributed by atoms with E-state index in [1.165, 1.54) is 6.08 Å². The molecule has 1 N–H and O–H groups in total. The summed E-state index contributed by atoms with van der Waals surface area (Å²) in [7, 11) is 0. The second kappa shape index (κ2) is 7.74. The second-order valence-electron chi connectivity index (χ2n) is 5.94. The third-order valence-electron chi connectivity index (χ3n) is 4.08. The predicted molar refractivity (Wildman–Crippen MR) is 100 cm³/mol. The number of nitrogens with one attached hydrogen (secondary N) is 1. The highest BCUT2D eigenvalue weighted by molar-refractivity contribution is 5.91. The number of ether oxygens (including phenoxy) is 2. The molecule has 3 heterocycles. The molecular formula is C20H18N4O3. The molecule has 1 aliphatic heterocycles. The molecule has 1 aliphatic rings. The molecule has 27 heavy (non-hydrogen) atoms. The molecule has 2 aromatic heterocycles. The van der Waals surface area contributed by atoms with Gasteiger partial charge in [0, 0.05) is 36.8 Å². The smallest absolute Gasteiger partial charge is 0.244 e. The molecule has 0 spiro atoms. The van der Waals surface area contributed by atoms with Crippen LogP contribution in [0.2, 0.25) is 0 Å². The van der Waals surface area contributed by atoms with E-state index >= 15 is 0 Å². The van der Waals surface area contributed by atoms with Crippen molar-refractivity contribution in [1.82, 2.24) is 20.1 Å². The monoisotopic (exact) mass is 362 g/mol. The van der Waals surface area contributed by atoms with Gasteiger partial charge >= 0.3 is 0 Å². The minimum absolute atomic E-state index is 0.158. The average Bonchev–Trinajstić information content (AvgIpc) is 3.36. The van der Waals surface area contributed by atoms with E-state index in [-0.39, 0.29) is 12.7 Å². The number of amides is 1. The number of hydrogen-bond donors (Lipinski definition) is 1. The fourth-order valence-electron chi connectivity index (χ4n) is 2.70. The highest BCUT2D eigenvalue weighted by atomic mass is 16.7. The lowest BCUT2D eigenvalue weighted by molar-refractivity contribution is -0.116. The fourth-order valence-corrected chi connectivity index (χ4v) is 2.70. The summed E-state index contributed by atoms with van der Waals surface area (Å²) in [6.45, 7) is 1.32. The van der Waals surface area contributed by atoms with E-state index in [9.17, 15) is 4.79 Å². The third kappa shape index (κ3) is 4.14. The summed E-state index contributed by atoms with van der Waals surface area (Å²) in [6, 6.07) is 11.3.